The third-order valence-corrected chi connectivity index (χ3v) is 6.35. The topological polar surface area (TPSA) is 46.3 Å². The van der Waals surface area contributed by atoms with Gasteiger partial charge in [0.2, 0.25) is 5.91 Å². The van der Waals surface area contributed by atoms with E-state index < -0.39 is 0 Å². The summed E-state index contributed by atoms with van der Waals surface area (Å²) in [5, 5.41) is 2.06. The first-order chi connectivity index (χ1) is 11.3. The molecule has 24 heavy (non-hydrogen) atoms. The molecule has 2 aromatic rings. The molecule has 3 rings (SSSR count). The van der Waals surface area contributed by atoms with E-state index in [-0.39, 0.29) is 23.6 Å². The van der Waals surface area contributed by atoms with Crippen LogP contribution in [0, 0.1) is 0 Å². The molecule has 2 N–H and O–H groups in total. The molecule has 1 aliphatic rings. The molecule has 0 fully saturated rings. The Morgan fingerprint density at radius 1 is 1.21 bits per heavy atom. The van der Waals surface area contributed by atoms with Crippen LogP contribution in [-0.4, -0.2) is 36.2 Å². The molecule has 3 nitrogen and oxygen atoms in total. The SMILES string of the molecule is Cl.NCCN(CCc1ccccc1)C(=O)C1SCCc2sccc21. The fourth-order valence-electron chi connectivity index (χ4n) is 2.91. The lowest BCUT2D eigenvalue weighted by Gasteiger charge is -2.29. The first-order valence-electron chi connectivity index (χ1n) is 8.00. The van der Waals surface area contributed by atoms with Gasteiger partial charge in [-0.25, -0.2) is 0 Å². The maximum atomic E-state index is 13.0. The number of fused-ring (bicyclic) bond motifs is 1. The van der Waals surface area contributed by atoms with E-state index in [1.165, 1.54) is 16.0 Å². The quantitative estimate of drug-likeness (QED) is 0.831. The molecule has 2 heterocycles. The molecule has 1 aromatic carbocycles. The molecule has 1 amide bonds. The second-order valence-corrected chi connectivity index (χ2v) is 7.86. The third kappa shape index (κ3) is 4.54. The maximum Gasteiger partial charge on any atom is 0.240 e. The smallest absolute Gasteiger partial charge is 0.240 e. The van der Waals surface area contributed by atoms with Gasteiger partial charge in [-0.05, 0) is 41.2 Å². The highest BCUT2D eigenvalue weighted by molar-refractivity contribution is 8.00. The normalized spacial score (nSPS) is 16.1. The predicted octanol–water partition coefficient (Wildman–Crippen LogP) is 3.53. The molecule has 1 aliphatic heterocycles. The molecule has 0 saturated heterocycles. The number of rotatable bonds is 6. The van der Waals surface area contributed by atoms with Gasteiger partial charge in [0.15, 0.2) is 0 Å². The lowest BCUT2D eigenvalue weighted by atomic mass is 10.1. The van der Waals surface area contributed by atoms with Crippen molar-refractivity contribution in [3.63, 3.8) is 0 Å². The van der Waals surface area contributed by atoms with Gasteiger partial charge in [-0.15, -0.1) is 35.5 Å². The van der Waals surface area contributed by atoms with Gasteiger partial charge >= 0.3 is 0 Å². The first kappa shape index (κ1) is 19.3. The number of amides is 1. The zero-order chi connectivity index (χ0) is 16.1. The molecule has 1 aromatic heterocycles. The molecule has 1 unspecified atom stereocenters. The first-order valence-corrected chi connectivity index (χ1v) is 9.93. The standard InChI is InChI=1S/C18H22N2OS2.ClH/c19-9-11-20(10-6-14-4-2-1-3-5-14)18(21)17-15-7-12-22-16(15)8-13-23-17;/h1-5,7,12,17H,6,8-11,13,19H2;1H. The minimum atomic E-state index is -0.0488. The van der Waals surface area contributed by atoms with Gasteiger partial charge in [-0.1, -0.05) is 30.3 Å². The number of nitrogens with zero attached hydrogens (tertiary/aromatic N) is 1. The number of carbonyl (C=O) groups is 1. The largest absolute Gasteiger partial charge is 0.340 e. The Balaban J connectivity index is 0.00000208. The van der Waals surface area contributed by atoms with E-state index in [9.17, 15) is 4.79 Å². The van der Waals surface area contributed by atoms with Gasteiger partial charge < -0.3 is 10.6 Å². The Morgan fingerprint density at radius 2 is 2.00 bits per heavy atom. The number of thioether (sulfide) groups is 1. The van der Waals surface area contributed by atoms with Crippen molar-refractivity contribution in [1.82, 2.24) is 4.90 Å². The Hall–Kier alpha value is -1.01. The van der Waals surface area contributed by atoms with Gasteiger partial charge in [0.25, 0.3) is 0 Å². The molecule has 0 aliphatic carbocycles. The monoisotopic (exact) mass is 382 g/mol. The van der Waals surface area contributed by atoms with E-state index in [4.69, 9.17) is 5.73 Å². The molecular formula is C18H23ClN2OS2. The van der Waals surface area contributed by atoms with Crippen LogP contribution in [0.5, 0.6) is 0 Å². The number of carbonyl (C=O) groups excluding carboxylic acids is 1. The summed E-state index contributed by atoms with van der Waals surface area (Å²) in [6.45, 7) is 1.87. The highest BCUT2D eigenvalue weighted by atomic mass is 35.5. The minimum absolute atomic E-state index is 0. The molecule has 6 heteroatoms. The summed E-state index contributed by atoms with van der Waals surface area (Å²) in [7, 11) is 0. The van der Waals surface area contributed by atoms with Crippen LogP contribution in [-0.2, 0) is 17.6 Å². The second kappa shape index (κ2) is 9.47. The average molecular weight is 383 g/mol. The fourth-order valence-corrected chi connectivity index (χ4v) is 5.29. The summed E-state index contributed by atoms with van der Waals surface area (Å²) in [5.74, 6) is 1.25. The summed E-state index contributed by atoms with van der Waals surface area (Å²) in [4.78, 5) is 16.3. The summed E-state index contributed by atoms with van der Waals surface area (Å²) >= 11 is 3.54. The van der Waals surface area contributed by atoms with E-state index in [1.54, 1.807) is 23.1 Å². The van der Waals surface area contributed by atoms with Crippen molar-refractivity contribution in [2.45, 2.75) is 18.1 Å². The van der Waals surface area contributed by atoms with Crippen molar-refractivity contribution < 1.29 is 4.79 Å². The van der Waals surface area contributed by atoms with Crippen molar-refractivity contribution in [1.29, 1.82) is 0 Å². The van der Waals surface area contributed by atoms with Crippen LogP contribution in [0.2, 0.25) is 0 Å². The maximum absolute atomic E-state index is 13.0. The van der Waals surface area contributed by atoms with Gasteiger partial charge in [0.1, 0.15) is 5.25 Å². The number of thiophene rings is 1. The predicted molar refractivity (Wildman–Crippen MR) is 106 cm³/mol. The zero-order valence-electron chi connectivity index (χ0n) is 13.5. The number of hydrogen-bond donors (Lipinski definition) is 1. The Kier molecular flexibility index (Phi) is 7.62. The Labute approximate surface area is 158 Å². The van der Waals surface area contributed by atoms with Gasteiger partial charge in [-0.2, -0.15) is 0 Å². The number of halogens is 1. The lowest BCUT2D eigenvalue weighted by molar-refractivity contribution is -0.130. The molecule has 0 spiro atoms. The van der Waals surface area contributed by atoms with Gasteiger partial charge in [0, 0.05) is 24.5 Å². The Morgan fingerprint density at radius 3 is 2.75 bits per heavy atom. The third-order valence-electron chi connectivity index (χ3n) is 4.12. The van der Waals surface area contributed by atoms with Crippen LogP contribution < -0.4 is 5.73 Å². The van der Waals surface area contributed by atoms with Crippen LogP contribution in [0.1, 0.15) is 21.3 Å². The summed E-state index contributed by atoms with van der Waals surface area (Å²) < 4.78 is 0. The lowest BCUT2D eigenvalue weighted by Crippen LogP contribution is -2.39. The van der Waals surface area contributed by atoms with Gasteiger partial charge in [-0.3, -0.25) is 4.79 Å². The van der Waals surface area contributed by atoms with E-state index >= 15 is 0 Å². The average Bonchev–Trinajstić information content (AvgIpc) is 3.07. The molecule has 0 saturated carbocycles. The molecule has 0 bridgehead atoms. The van der Waals surface area contributed by atoms with Crippen LogP contribution in [0.4, 0.5) is 0 Å². The molecular weight excluding hydrogens is 360 g/mol. The van der Waals surface area contributed by atoms with Crippen LogP contribution in [0.25, 0.3) is 0 Å². The van der Waals surface area contributed by atoms with E-state index in [0.717, 1.165) is 25.1 Å². The van der Waals surface area contributed by atoms with Crippen LogP contribution in [0.15, 0.2) is 41.8 Å². The fraction of sp³-hybridized carbons (Fsp3) is 0.389. The van der Waals surface area contributed by atoms with E-state index in [1.807, 2.05) is 23.1 Å². The van der Waals surface area contributed by atoms with Crippen molar-refractivity contribution in [2.75, 3.05) is 25.4 Å². The zero-order valence-corrected chi connectivity index (χ0v) is 16.0. The number of hydrogen-bond acceptors (Lipinski definition) is 4. The highest BCUT2D eigenvalue weighted by Gasteiger charge is 2.31. The summed E-state index contributed by atoms with van der Waals surface area (Å²) in [6.07, 6.45) is 1.96. The van der Waals surface area contributed by atoms with Gasteiger partial charge in [0.05, 0.1) is 0 Å². The van der Waals surface area contributed by atoms with Crippen LogP contribution >= 0.6 is 35.5 Å². The number of benzene rings is 1. The van der Waals surface area contributed by atoms with Crippen molar-refractivity contribution >= 4 is 41.4 Å². The van der Waals surface area contributed by atoms with Crippen LogP contribution in [0.3, 0.4) is 0 Å². The summed E-state index contributed by atoms with van der Waals surface area (Å²) in [5.41, 5.74) is 8.22. The van der Waals surface area contributed by atoms with Crippen molar-refractivity contribution in [2.24, 2.45) is 5.73 Å². The molecule has 130 valence electrons. The Bertz CT molecular complexity index is 647. The minimum Gasteiger partial charge on any atom is -0.340 e. The highest BCUT2D eigenvalue weighted by Crippen LogP contribution is 2.40. The van der Waals surface area contributed by atoms with Crippen molar-refractivity contribution in [3.05, 3.63) is 57.8 Å². The van der Waals surface area contributed by atoms with E-state index in [2.05, 4.69) is 23.6 Å². The summed E-state index contributed by atoms with van der Waals surface area (Å²) in [6, 6.07) is 12.4. The second-order valence-electron chi connectivity index (χ2n) is 5.65. The molecule has 0 radical (unpaired) electrons. The molecule has 1 atom stereocenters. The number of aryl methyl sites for hydroxylation is 1. The number of nitrogens with two attached hydrogens (primary N) is 1. The van der Waals surface area contributed by atoms with Crippen molar-refractivity contribution in [3.8, 4) is 0 Å². The van der Waals surface area contributed by atoms with E-state index in [0.29, 0.717) is 13.1 Å².